The average Bonchev–Trinajstić information content (AvgIpc) is 3.13. The Kier molecular flexibility index (Phi) is 7.76. The molecule has 1 saturated carbocycles. The number of rotatable bonds is 8. The number of hydrogen-bond acceptors (Lipinski definition) is 2. The van der Waals surface area contributed by atoms with E-state index in [1.54, 1.807) is 0 Å². The van der Waals surface area contributed by atoms with Crippen molar-refractivity contribution in [1.82, 2.24) is 16.0 Å². The molecule has 1 aliphatic carbocycles. The third kappa shape index (κ3) is 5.76. The van der Waals surface area contributed by atoms with Gasteiger partial charge in [0, 0.05) is 25.0 Å². The van der Waals surface area contributed by atoms with Crippen LogP contribution in [0.5, 0.6) is 0 Å². The van der Waals surface area contributed by atoms with E-state index in [9.17, 15) is 4.79 Å². The molecule has 1 aromatic carbocycles. The van der Waals surface area contributed by atoms with Gasteiger partial charge in [-0.2, -0.15) is 0 Å². The summed E-state index contributed by atoms with van der Waals surface area (Å²) < 4.78 is 0. The maximum atomic E-state index is 11.8. The summed E-state index contributed by atoms with van der Waals surface area (Å²) in [6.07, 6.45) is 5.86. The first-order valence-corrected chi connectivity index (χ1v) is 9.54. The highest BCUT2D eigenvalue weighted by atomic mass is 16.1. The SMILES string of the molecule is CCCNC(=O)CN=C(NCC)NCC1(c2ccccc2)CCCC1. The lowest BCUT2D eigenvalue weighted by molar-refractivity contribution is -0.119. The van der Waals surface area contributed by atoms with Crippen LogP contribution in [-0.2, 0) is 10.2 Å². The Balaban J connectivity index is 1.99. The predicted molar refractivity (Wildman–Crippen MR) is 104 cm³/mol. The van der Waals surface area contributed by atoms with E-state index in [1.807, 2.05) is 13.8 Å². The Morgan fingerprint density at radius 1 is 1.08 bits per heavy atom. The number of guanidine groups is 1. The van der Waals surface area contributed by atoms with Crippen LogP contribution >= 0.6 is 0 Å². The summed E-state index contributed by atoms with van der Waals surface area (Å²) in [4.78, 5) is 16.2. The maximum Gasteiger partial charge on any atom is 0.241 e. The van der Waals surface area contributed by atoms with Gasteiger partial charge in [-0.05, 0) is 31.7 Å². The van der Waals surface area contributed by atoms with Crippen molar-refractivity contribution >= 4 is 11.9 Å². The monoisotopic (exact) mass is 344 g/mol. The minimum absolute atomic E-state index is 0.0299. The zero-order valence-corrected chi connectivity index (χ0v) is 15.6. The van der Waals surface area contributed by atoms with E-state index in [-0.39, 0.29) is 17.9 Å². The molecule has 0 spiro atoms. The number of aliphatic imine (C=N–C) groups is 1. The zero-order valence-electron chi connectivity index (χ0n) is 15.6. The Morgan fingerprint density at radius 2 is 1.80 bits per heavy atom. The maximum absolute atomic E-state index is 11.8. The van der Waals surface area contributed by atoms with Crippen molar-refractivity contribution in [3.05, 3.63) is 35.9 Å². The first-order valence-electron chi connectivity index (χ1n) is 9.54. The summed E-state index contributed by atoms with van der Waals surface area (Å²) in [5.41, 5.74) is 1.57. The molecular formula is C20H32N4O. The Bertz CT molecular complexity index is 550. The molecular weight excluding hydrogens is 312 g/mol. The number of amides is 1. The number of carbonyl (C=O) groups excluding carboxylic acids is 1. The van der Waals surface area contributed by atoms with Crippen molar-refractivity contribution in [2.45, 2.75) is 51.4 Å². The fourth-order valence-electron chi connectivity index (χ4n) is 3.48. The second-order valence-corrected chi connectivity index (χ2v) is 6.75. The van der Waals surface area contributed by atoms with E-state index in [4.69, 9.17) is 0 Å². The number of nitrogens with one attached hydrogen (secondary N) is 3. The summed E-state index contributed by atoms with van der Waals surface area (Å²) in [5.74, 6) is 0.689. The molecule has 1 aliphatic rings. The molecule has 138 valence electrons. The van der Waals surface area contributed by atoms with Crippen LogP contribution in [0.15, 0.2) is 35.3 Å². The van der Waals surface area contributed by atoms with Gasteiger partial charge in [-0.1, -0.05) is 50.1 Å². The van der Waals surface area contributed by atoms with E-state index in [2.05, 4.69) is 51.3 Å². The minimum Gasteiger partial charge on any atom is -0.357 e. The molecule has 0 saturated heterocycles. The largest absolute Gasteiger partial charge is 0.357 e. The third-order valence-corrected chi connectivity index (χ3v) is 4.84. The van der Waals surface area contributed by atoms with Gasteiger partial charge in [0.1, 0.15) is 6.54 Å². The summed E-state index contributed by atoms with van der Waals surface area (Å²) in [5, 5.41) is 9.58. The molecule has 0 bridgehead atoms. The fourth-order valence-corrected chi connectivity index (χ4v) is 3.48. The van der Waals surface area contributed by atoms with Crippen LogP contribution in [0.4, 0.5) is 0 Å². The van der Waals surface area contributed by atoms with E-state index in [0.717, 1.165) is 25.5 Å². The van der Waals surface area contributed by atoms with Crippen LogP contribution in [0.25, 0.3) is 0 Å². The predicted octanol–water partition coefficient (Wildman–Crippen LogP) is 2.58. The third-order valence-electron chi connectivity index (χ3n) is 4.84. The van der Waals surface area contributed by atoms with Crippen molar-refractivity contribution in [3.8, 4) is 0 Å². The van der Waals surface area contributed by atoms with Crippen LogP contribution in [0.2, 0.25) is 0 Å². The molecule has 1 amide bonds. The number of carbonyl (C=O) groups is 1. The Labute approximate surface area is 151 Å². The van der Waals surface area contributed by atoms with Gasteiger partial charge >= 0.3 is 0 Å². The second-order valence-electron chi connectivity index (χ2n) is 6.75. The van der Waals surface area contributed by atoms with E-state index < -0.39 is 0 Å². The smallest absolute Gasteiger partial charge is 0.241 e. The first-order chi connectivity index (χ1) is 12.2. The molecule has 0 unspecified atom stereocenters. The van der Waals surface area contributed by atoms with Gasteiger partial charge in [-0.25, -0.2) is 4.99 Å². The molecule has 1 fully saturated rings. The molecule has 0 aromatic heterocycles. The highest BCUT2D eigenvalue weighted by Gasteiger charge is 2.35. The quantitative estimate of drug-likeness (QED) is 0.502. The number of hydrogen-bond donors (Lipinski definition) is 3. The van der Waals surface area contributed by atoms with Gasteiger partial charge in [-0.15, -0.1) is 0 Å². The van der Waals surface area contributed by atoms with Crippen molar-refractivity contribution < 1.29 is 4.79 Å². The average molecular weight is 345 g/mol. The first kappa shape index (κ1) is 19.3. The van der Waals surface area contributed by atoms with Gasteiger partial charge in [0.25, 0.3) is 0 Å². The molecule has 0 atom stereocenters. The lowest BCUT2D eigenvalue weighted by Gasteiger charge is -2.30. The van der Waals surface area contributed by atoms with Gasteiger partial charge in [0.15, 0.2) is 5.96 Å². The summed E-state index contributed by atoms with van der Waals surface area (Å²) in [6, 6.07) is 10.8. The summed E-state index contributed by atoms with van der Waals surface area (Å²) >= 11 is 0. The molecule has 1 aromatic rings. The molecule has 3 N–H and O–H groups in total. The Morgan fingerprint density at radius 3 is 2.44 bits per heavy atom. The van der Waals surface area contributed by atoms with Crippen LogP contribution in [0, 0.1) is 0 Å². The van der Waals surface area contributed by atoms with E-state index in [0.29, 0.717) is 6.54 Å². The number of nitrogens with zero attached hydrogens (tertiary/aromatic N) is 1. The summed E-state index contributed by atoms with van der Waals surface area (Å²) in [7, 11) is 0. The van der Waals surface area contributed by atoms with Crippen LogP contribution in [0.3, 0.4) is 0 Å². The fraction of sp³-hybridized carbons (Fsp3) is 0.600. The van der Waals surface area contributed by atoms with Crippen LogP contribution in [-0.4, -0.2) is 38.0 Å². The second kappa shape index (κ2) is 10.1. The highest BCUT2D eigenvalue weighted by Crippen LogP contribution is 2.40. The lowest BCUT2D eigenvalue weighted by Crippen LogP contribution is -2.45. The molecule has 0 radical (unpaired) electrons. The molecule has 5 heteroatoms. The van der Waals surface area contributed by atoms with Crippen molar-refractivity contribution in [2.24, 2.45) is 4.99 Å². The number of benzene rings is 1. The minimum atomic E-state index is -0.0299. The van der Waals surface area contributed by atoms with E-state index in [1.165, 1.54) is 31.2 Å². The Hall–Kier alpha value is -2.04. The lowest BCUT2D eigenvalue weighted by atomic mass is 9.79. The highest BCUT2D eigenvalue weighted by molar-refractivity contribution is 5.84. The molecule has 25 heavy (non-hydrogen) atoms. The van der Waals surface area contributed by atoms with E-state index >= 15 is 0 Å². The topological polar surface area (TPSA) is 65.5 Å². The van der Waals surface area contributed by atoms with Gasteiger partial charge in [-0.3, -0.25) is 4.79 Å². The van der Waals surface area contributed by atoms with Crippen molar-refractivity contribution in [3.63, 3.8) is 0 Å². The molecule has 2 rings (SSSR count). The van der Waals surface area contributed by atoms with Crippen LogP contribution < -0.4 is 16.0 Å². The summed E-state index contributed by atoms with van der Waals surface area (Å²) in [6.45, 7) is 6.57. The normalized spacial score (nSPS) is 16.5. The van der Waals surface area contributed by atoms with Crippen molar-refractivity contribution in [1.29, 1.82) is 0 Å². The van der Waals surface area contributed by atoms with Gasteiger partial charge in [0.05, 0.1) is 0 Å². The molecule has 0 heterocycles. The van der Waals surface area contributed by atoms with Crippen molar-refractivity contribution in [2.75, 3.05) is 26.2 Å². The van der Waals surface area contributed by atoms with Gasteiger partial charge < -0.3 is 16.0 Å². The van der Waals surface area contributed by atoms with Crippen LogP contribution in [0.1, 0.15) is 51.5 Å². The van der Waals surface area contributed by atoms with Gasteiger partial charge in [0.2, 0.25) is 5.91 Å². The zero-order chi connectivity index (χ0) is 18.0. The molecule has 0 aliphatic heterocycles. The standard InChI is InChI=1S/C20H32N4O/c1-3-14-22-18(25)15-23-19(21-4-2)24-16-20(12-8-9-13-20)17-10-6-5-7-11-17/h5-7,10-11H,3-4,8-9,12-16H2,1-2H3,(H,22,25)(H2,21,23,24). The molecule has 5 nitrogen and oxygen atoms in total.